The quantitative estimate of drug-likeness (QED) is 0.654. The van der Waals surface area contributed by atoms with Gasteiger partial charge in [-0.15, -0.1) is 0 Å². The molecule has 0 spiro atoms. The molecule has 1 N–H and O–H groups in total. The van der Waals surface area contributed by atoms with Crippen molar-refractivity contribution < 1.29 is 9.90 Å². The van der Waals surface area contributed by atoms with E-state index in [2.05, 4.69) is 20.8 Å². The fourth-order valence-corrected chi connectivity index (χ4v) is 1.65. The Morgan fingerprint density at radius 2 is 1.86 bits per heavy atom. The molecule has 0 fully saturated rings. The molecule has 14 heavy (non-hydrogen) atoms. The molecular weight excluding hydrogens is 178 g/mol. The SMILES string of the molecule is CCCN(CC(=O)O)CC(CC)CC. The first kappa shape index (κ1) is 13.4. The zero-order chi connectivity index (χ0) is 11.0. The van der Waals surface area contributed by atoms with E-state index in [0.29, 0.717) is 5.92 Å². The van der Waals surface area contributed by atoms with E-state index in [-0.39, 0.29) is 6.54 Å². The molecule has 0 radical (unpaired) electrons. The molecule has 0 aromatic rings. The van der Waals surface area contributed by atoms with Crippen molar-refractivity contribution in [1.82, 2.24) is 4.90 Å². The van der Waals surface area contributed by atoms with Crippen LogP contribution in [0.1, 0.15) is 40.0 Å². The van der Waals surface area contributed by atoms with Crippen LogP contribution < -0.4 is 0 Å². The van der Waals surface area contributed by atoms with Crippen LogP contribution in [-0.2, 0) is 4.79 Å². The largest absolute Gasteiger partial charge is 0.480 e. The number of carboxylic acids is 1. The second-order valence-electron chi connectivity index (χ2n) is 3.81. The third-order valence-electron chi connectivity index (χ3n) is 2.57. The van der Waals surface area contributed by atoms with E-state index >= 15 is 0 Å². The van der Waals surface area contributed by atoms with Gasteiger partial charge in [-0.1, -0.05) is 33.6 Å². The Morgan fingerprint density at radius 1 is 1.29 bits per heavy atom. The van der Waals surface area contributed by atoms with Crippen molar-refractivity contribution in [2.24, 2.45) is 5.92 Å². The minimum absolute atomic E-state index is 0.185. The standard InChI is InChI=1S/C11H23NO2/c1-4-7-12(9-11(13)14)8-10(5-2)6-3/h10H,4-9H2,1-3H3,(H,13,14). The molecule has 0 aromatic carbocycles. The highest BCUT2D eigenvalue weighted by Crippen LogP contribution is 2.09. The van der Waals surface area contributed by atoms with Crippen LogP contribution in [0.2, 0.25) is 0 Å². The fraction of sp³-hybridized carbons (Fsp3) is 0.909. The Morgan fingerprint density at radius 3 is 2.21 bits per heavy atom. The molecule has 0 unspecified atom stereocenters. The van der Waals surface area contributed by atoms with Crippen molar-refractivity contribution >= 4 is 5.97 Å². The van der Waals surface area contributed by atoms with Crippen LogP contribution in [0, 0.1) is 5.92 Å². The lowest BCUT2D eigenvalue weighted by atomic mass is 10.0. The molecular formula is C11H23NO2. The molecule has 0 saturated heterocycles. The van der Waals surface area contributed by atoms with Gasteiger partial charge in [-0.2, -0.15) is 0 Å². The maximum absolute atomic E-state index is 10.6. The normalized spacial score (nSPS) is 11.2. The van der Waals surface area contributed by atoms with E-state index in [9.17, 15) is 4.79 Å². The number of aliphatic carboxylic acids is 1. The Balaban J connectivity index is 3.99. The van der Waals surface area contributed by atoms with E-state index in [0.717, 1.165) is 32.4 Å². The summed E-state index contributed by atoms with van der Waals surface area (Å²) in [6.07, 6.45) is 3.29. The number of nitrogens with zero attached hydrogens (tertiary/aromatic N) is 1. The Labute approximate surface area is 87.1 Å². The van der Waals surface area contributed by atoms with Gasteiger partial charge in [0.25, 0.3) is 0 Å². The van der Waals surface area contributed by atoms with Gasteiger partial charge in [0.2, 0.25) is 0 Å². The first-order valence-corrected chi connectivity index (χ1v) is 5.58. The summed E-state index contributed by atoms with van der Waals surface area (Å²) in [6.45, 7) is 8.42. The van der Waals surface area contributed by atoms with E-state index in [1.165, 1.54) is 0 Å². The summed E-state index contributed by atoms with van der Waals surface area (Å²) in [5.41, 5.74) is 0. The van der Waals surface area contributed by atoms with Crippen molar-refractivity contribution in [2.45, 2.75) is 40.0 Å². The fourth-order valence-electron chi connectivity index (χ4n) is 1.65. The van der Waals surface area contributed by atoms with Crippen LogP contribution in [-0.4, -0.2) is 35.6 Å². The average molecular weight is 201 g/mol. The summed E-state index contributed by atoms with van der Waals surface area (Å²) in [5, 5.41) is 8.73. The van der Waals surface area contributed by atoms with Crippen molar-refractivity contribution in [2.75, 3.05) is 19.6 Å². The van der Waals surface area contributed by atoms with Crippen LogP contribution in [0.25, 0.3) is 0 Å². The van der Waals surface area contributed by atoms with Gasteiger partial charge in [-0.05, 0) is 18.9 Å². The molecule has 3 heteroatoms. The summed E-state index contributed by atoms with van der Waals surface area (Å²) in [4.78, 5) is 12.6. The van der Waals surface area contributed by atoms with Gasteiger partial charge < -0.3 is 5.11 Å². The Hall–Kier alpha value is -0.570. The third-order valence-corrected chi connectivity index (χ3v) is 2.57. The van der Waals surface area contributed by atoms with Gasteiger partial charge in [0.15, 0.2) is 0 Å². The molecule has 0 aliphatic heterocycles. The number of carbonyl (C=O) groups is 1. The van der Waals surface area contributed by atoms with Crippen molar-refractivity contribution in [3.63, 3.8) is 0 Å². The van der Waals surface area contributed by atoms with E-state index in [1.54, 1.807) is 0 Å². The van der Waals surface area contributed by atoms with Crippen LogP contribution in [0.15, 0.2) is 0 Å². The lowest BCUT2D eigenvalue weighted by Crippen LogP contribution is -2.34. The first-order chi connectivity index (χ1) is 6.63. The minimum Gasteiger partial charge on any atom is -0.480 e. The lowest BCUT2D eigenvalue weighted by Gasteiger charge is -2.24. The molecule has 0 amide bonds. The molecule has 0 aliphatic rings. The average Bonchev–Trinajstić information content (AvgIpc) is 2.13. The van der Waals surface area contributed by atoms with Crippen LogP contribution in [0.5, 0.6) is 0 Å². The van der Waals surface area contributed by atoms with Gasteiger partial charge in [0, 0.05) is 6.54 Å². The second kappa shape index (κ2) is 7.80. The monoisotopic (exact) mass is 201 g/mol. The lowest BCUT2D eigenvalue weighted by molar-refractivity contribution is -0.138. The smallest absolute Gasteiger partial charge is 0.317 e. The molecule has 0 heterocycles. The van der Waals surface area contributed by atoms with Crippen LogP contribution >= 0.6 is 0 Å². The predicted molar refractivity (Wildman–Crippen MR) is 58.4 cm³/mol. The molecule has 0 bridgehead atoms. The van der Waals surface area contributed by atoms with Gasteiger partial charge in [-0.3, -0.25) is 9.69 Å². The van der Waals surface area contributed by atoms with E-state index in [4.69, 9.17) is 5.11 Å². The highest BCUT2D eigenvalue weighted by molar-refractivity contribution is 5.69. The van der Waals surface area contributed by atoms with E-state index in [1.807, 2.05) is 4.90 Å². The highest BCUT2D eigenvalue weighted by atomic mass is 16.4. The predicted octanol–water partition coefficient (Wildman–Crippen LogP) is 2.22. The van der Waals surface area contributed by atoms with Crippen molar-refractivity contribution in [3.8, 4) is 0 Å². The Bertz CT molecular complexity index is 155. The summed E-state index contributed by atoms with van der Waals surface area (Å²) >= 11 is 0. The van der Waals surface area contributed by atoms with E-state index < -0.39 is 5.97 Å². The first-order valence-electron chi connectivity index (χ1n) is 5.58. The van der Waals surface area contributed by atoms with Crippen molar-refractivity contribution in [3.05, 3.63) is 0 Å². The summed E-state index contributed by atoms with van der Waals surface area (Å²) < 4.78 is 0. The number of hydrogen-bond acceptors (Lipinski definition) is 2. The number of carboxylic acid groups (broad SMARTS) is 1. The van der Waals surface area contributed by atoms with Crippen molar-refractivity contribution in [1.29, 1.82) is 0 Å². The number of rotatable bonds is 8. The van der Waals surface area contributed by atoms with Gasteiger partial charge in [0.05, 0.1) is 6.54 Å². The minimum atomic E-state index is -0.718. The molecule has 0 saturated carbocycles. The maximum Gasteiger partial charge on any atom is 0.317 e. The van der Waals surface area contributed by atoms with Gasteiger partial charge in [0.1, 0.15) is 0 Å². The van der Waals surface area contributed by atoms with Gasteiger partial charge in [-0.25, -0.2) is 0 Å². The topological polar surface area (TPSA) is 40.5 Å². The number of hydrogen-bond donors (Lipinski definition) is 1. The van der Waals surface area contributed by atoms with Crippen LogP contribution in [0.4, 0.5) is 0 Å². The van der Waals surface area contributed by atoms with Crippen LogP contribution in [0.3, 0.4) is 0 Å². The zero-order valence-electron chi connectivity index (χ0n) is 9.62. The molecule has 0 aromatic heterocycles. The molecule has 3 nitrogen and oxygen atoms in total. The summed E-state index contributed by atoms with van der Waals surface area (Å²) in [7, 11) is 0. The third kappa shape index (κ3) is 5.97. The highest BCUT2D eigenvalue weighted by Gasteiger charge is 2.12. The zero-order valence-corrected chi connectivity index (χ0v) is 9.62. The molecule has 0 atom stereocenters. The second-order valence-corrected chi connectivity index (χ2v) is 3.81. The summed E-state index contributed by atoms with van der Waals surface area (Å²) in [6, 6.07) is 0. The molecule has 0 rings (SSSR count). The van der Waals surface area contributed by atoms with Gasteiger partial charge >= 0.3 is 5.97 Å². The summed E-state index contributed by atoms with van der Waals surface area (Å²) in [5.74, 6) is -0.0784. The molecule has 84 valence electrons. The maximum atomic E-state index is 10.6. The Kier molecular flexibility index (Phi) is 7.48. The molecule has 0 aliphatic carbocycles.